The molecule has 0 radical (unpaired) electrons. The minimum atomic E-state index is -3.48. The highest BCUT2D eigenvalue weighted by Gasteiger charge is 2.32. The highest BCUT2D eigenvalue weighted by molar-refractivity contribution is 7.87. The SMILES string of the molecule is CCN1CCC(NS(=O)(=O)N2CCC(C(=O)O)CC2)CC1. The van der Waals surface area contributed by atoms with E-state index < -0.39 is 22.1 Å². The number of likely N-dealkylation sites (tertiary alicyclic amines) is 1. The van der Waals surface area contributed by atoms with E-state index in [-0.39, 0.29) is 6.04 Å². The van der Waals surface area contributed by atoms with E-state index >= 15 is 0 Å². The molecular formula is C13H25N3O4S. The van der Waals surface area contributed by atoms with E-state index in [1.54, 1.807) is 0 Å². The lowest BCUT2D eigenvalue weighted by atomic mass is 9.99. The maximum absolute atomic E-state index is 12.3. The maximum atomic E-state index is 12.3. The van der Waals surface area contributed by atoms with Crippen molar-refractivity contribution >= 4 is 16.2 Å². The van der Waals surface area contributed by atoms with Gasteiger partial charge in [-0.3, -0.25) is 4.79 Å². The predicted molar refractivity (Wildman–Crippen MR) is 79.1 cm³/mol. The molecule has 8 heteroatoms. The third kappa shape index (κ3) is 4.38. The maximum Gasteiger partial charge on any atom is 0.306 e. The van der Waals surface area contributed by atoms with Crippen LogP contribution in [0.15, 0.2) is 0 Å². The standard InChI is InChI=1S/C13H25N3O4S/c1-2-15-7-5-12(6-8-15)14-21(19,20)16-9-3-11(4-10-16)13(17)18/h11-12,14H,2-10H2,1H3,(H,17,18). The molecule has 0 aromatic rings. The van der Waals surface area contributed by atoms with Gasteiger partial charge in [-0.2, -0.15) is 17.4 Å². The van der Waals surface area contributed by atoms with Crippen molar-refractivity contribution in [2.75, 3.05) is 32.7 Å². The average Bonchev–Trinajstić information content (AvgIpc) is 2.48. The van der Waals surface area contributed by atoms with Crippen LogP contribution in [-0.4, -0.2) is 67.5 Å². The number of hydrogen-bond donors (Lipinski definition) is 2. The van der Waals surface area contributed by atoms with E-state index in [9.17, 15) is 13.2 Å². The number of rotatable bonds is 5. The van der Waals surface area contributed by atoms with Gasteiger partial charge in [-0.15, -0.1) is 0 Å². The third-order valence-electron chi connectivity index (χ3n) is 4.49. The van der Waals surface area contributed by atoms with Crippen molar-refractivity contribution in [1.29, 1.82) is 0 Å². The normalized spacial score (nSPS) is 24.2. The van der Waals surface area contributed by atoms with Crippen LogP contribution in [0.2, 0.25) is 0 Å². The van der Waals surface area contributed by atoms with E-state index in [1.807, 2.05) is 0 Å². The van der Waals surface area contributed by atoms with Crippen LogP contribution in [0, 0.1) is 5.92 Å². The molecule has 2 aliphatic rings. The molecule has 2 rings (SSSR count). The lowest BCUT2D eigenvalue weighted by Crippen LogP contribution is -2.51. The fourth-order valence-corrected chi connectivity index (χ4v) is 4.49. The molecule has 0 amide bonds. The Hall–Kier alpha value is -0.700. The number of aliphatic carboxylic acids is 1. The molecule has 21 heavy (non-hydrogen) atoms. The van der Waals surface area contributed by atoms with Crippen LogP contribution < -0.4 is 4.72 Å². The Balaban J connectivity index is 1.84. The Bertz CT molecular complexity index is 452. The zero-order valence-electron chi connectivity index (χ0n) is 12.5. The molecule has 2 saturated heterocycles. The van der Waals surface area contributed by atoms with Crippen molar-refractivity contribution in [1.82, 2.24) is 13.9 Å². The molecule has 0 bridgehead atoms. The number of nitrogens with one attached hydrogen (secondary N) is 1. The van der Waals surface area contributed by atoms with Gasteiger partial charge in [0.1, 0.15) is 0 Å². The Morgan fingerprint density at radius 1 is 1.14 bits per heavy atom. The topological polar surface area (TPSA) is 90.0 Å². The van der Waals surface area contributed by atoms with Crippen LogP contribution in [0.25, 0.3) is 0 Å². The van der Waals surface area contributed by atoms with Crippen LogP contribution in [0.5, 0.6) is 0 Å². The monoisotopic (exact) mass is 319 g/mol. The summed E-state index contributed by atoms with van der Waals surface area (Å²) in [6.07, 6.45) is 2.45. The Labute approximate surface area is 126 Å². The fourth-order valence-electron chi connectivity index (χ4n) is 3.00. The Morgan fingerprint density at radius 3 is 2.19 bits per heavy atom. The Kier molecular flexibility index (Phi) is 5.59. The number of carboxylic acids is 1. The lowest BCUT2D eigenvalue weighted by molar-refractivity contribution is -0.142. The first-order valence-electron chi connectivity index (χ1n) is 7.65. The molecule has 0 aliphatic carbocycles. The molecule has 7 nitrogen and oxygen atoms in total. The molecule has 0 unspecified atom stereocenters. The van der Waals surface area contributed by atoms with Gasteiger partial charge in [0.15, 0.2) is 0 Å². The predicted octanol–water partition coefficient (Wildman–Crippen LogP) is 0.102. The second kappa shape index (κ2) is 7.04. The summed E-state index contributed by atoms with van der Waals surface area (Å²) in [6.45, 7) is 5.54. The molecule has 2 fully saturated rings. The lowest BCUT2D eigenvalue weighted by Gasteiger charge is -2.34. The zero-order chi connectivity index (χ0) is 15.5. The molecule has 2 aliphatic heterocycles. The van der Waals surface area contributed by atoms with Gasteiger partial charge in [0.25, 0.3) is 10.2 Å². The van der Waals surface area contributed by atoms with E-state index in [0.29, 0.717) is 25.9 Å². The molecule has 0 atom stereocenters. The summed E-state index contributed by atoms with van der Waals surface area (Å²) in [5, 5.41) is 8.95. The van der Waals surface area contributed by atoms with Crippen molar-refractivity contribution in [2.45, 2.75) is 38.6 Å². The van der Waals surface area contributed by atoms with Crippen LogP contribution in [0.1, 0.15) is 32.6 Å². The minimum absolute atomic E-state index is 0.00463. The van der Waals surface area contributed by atoms with Crippen molar-refractivity contribution in [3.8, 4) is 0 Å². The summed E-state index contributed by atoms with van der Waals surface area (Å²) in [5.74, 6) is -1.24. The van der Waals surface area contributed by atoms with E-state index in [4.69, 9.17) is 5.11 Å². The van der Waals surface area contributed by atoms with Gasteiger partial charge in [-0.25, -0.2) is 0 Å². The minimum Gasteiger partial charge on any atom is -0.481 e. The molecule has 0 saturated carbocycles. The van der Waals surface area contributed by atoms with Gasteiger partial charge < -0.3 is 10.0 Å². The summed E-state index contributed by atoms with van der Waals surface area (Å²) in [4.78, 5) is 13.2. The molecule has 0 spiro atoms. The number of carbonyl (C=O) groups is 1. The molecule has 0 aromatic heterocycles. The van der Waals surface area contributed by atoms with Gasteiger partial charge in [0.2, 0.25) is 0 Å². The average molecular weight is 319 g/mol. The van der Waals surface area contributed by atoms with Gasteiger partial charge >= 0.3 is 5.97 Å². The van der Waals surface area contributed by atoms with Crippen LogP contribution >= 0.6 is 0 Å². The second-order valence-corrected chi connectivity index (χ2v) is 7.55. The quantitative estimate of drug-likeness (QED) is 0.750. The zero-order valence-corrected chi connectivity index (χ0v) is 13.3. The largest absolute Gasteiger partial charge is 0.481 e. The van der Waals surface area contributed by atoms with E-state index in [2.05, 4.69) is 16.5 Å². The number of hydrogen-bond acceptors (Lipinski definition) is 4. The summed E-state index contributed by atoms with van der Waals surface area (Å²) >= 11 is 0. The van der Waals surface area contributed by atoms with Crippen molar-refractivity contribution in [3.05, 3.63) is 0 Å². The van der Waals surface area contributed by atoms with Gasteiger partial charge in [-0.1, -0.05) is 6.92 Å². The Morgan fingerprint density at radius 2 is 1.71 bits per heavy atom. The molecule has 2 N–H and O–H groups in total. The molecule has 122 valence electrons. The van der Waals surface area contributed by atoms with E-state index in [0.717, 1.165) is 32.5 Å². The number of carboxylic acid groups (broad SMARTS) is 1. The van der Waals surface area contributed by atoms with Gasteiger partial charge in [0.05, 0.1) is 5.92 Å². The molecule has 2 heterocycles. The molecule has 0 aromatic carbocycles. The van der Waals surface area contributed by atoms with Crippen molar-refractivity contribution in [3.63, 3.8) is 0 Å². The smallest absolute Gasteiger partial charge is 0.306 e. The second-order valence-electron chi connectivity index (χ2n) is 5.84. The highest BCUT2D eigenvalue weighted by atomic mass is 32.2. The summed E-state index contributed by atoms with van der Waals surface area (Å²) in [7, 11) is -3.48. The van der Waals surface area contributed by atoms with Crippen molar-refractivity contribution in [2.24, 2.45) is 5.92 Å². The van der Waals surface area contributed by atoms with E-state index in [1.165, 1.54) is 4.31 Å². The van der Waals surface area contributed by atoms with Gasteiger partial charge in [0, 0.05) is 19.1 Å². The van der Waals surface area contributed by atoms with Crippen LogP contribution in [0.4, 0.5) is 0 Å². The first-order chi connectivity index (χ1) is 9.92. The van der Waals surface area contributed by atoms with Gasteiger partial charge in [-0.05, 0) is 45.3 Å². The number of piperidine rings is 2. The third-order valence-corrected chi connectivity index (χ3v) is 6.17. The summed E-state index contributed by atoms with van der Waals surface area (Å²) in [6, 6.07) is -0.00463. The highest BCUT2D eigenvalue weighted by Crippen LogP contribution is 2.20. The first-order valence-corrected chi connectivity index (χ1v) is 9.09. The number of nitrogens with zero attached hydrogens (tertiary/aromatic N) is 2. The fraction of sp³-hybridized carbons (Fsp3) is 0.923. The first kappa shape index (κ1) is 16.7. The molecular weight excluding hydrogens is 294 g/mol. The summed E-state index contributed by atoms with van der Waals surface area (Å²) in [5.41, 5.74) is 0. The van der Waals surface area contributed by atoms with Crippen molar-refractivity contribution < 1.29 is 18.3 Å². The van der Waals surface area contributed by atoms with Crippen LogP contribution in [-0.2, 0) is 15.0 Å². The van der Waals surface area contributed by atoms with Crippen LogP contribution in [0.3, 0.4) is 0 Å². The summed E-state index contributed by atoms with van der Waals surface area (Å²) < 4.78 is 28.8.